The Balaban J connectivity index is 1.86. The van der Waals surface area contributed by atoms with E-state index in [1.807, 2.05) is 0 Å². The monoisotopic (exact) mass is 272 g/mol. The predicted molar refractivity (Wildman–Crippen MR) is 87.7 cm³/mol. The van der Waals surface area contributed by atoms with Crippen molar-refractivity contribution in [2.45, 2.75) is 6.67 Å². The molecule has 1 aromatic heterocycles. The number of para-hydroxylation sites is 1. The van der Waals surface area contributed by atoms with E-state index in [0.717, 1.165) is 6.67 Å². The summed E-state index contributed by atoms with van der Waals surface area (Å²) in [6.07, 6.45) is 4.38. The molecule has 0 fully saturated rings. The molecule has 0 spiro atoms. The van der Waals surface area contributed by atoms with Crippen LogP contribution in [-0.2, 0) is 6.67 Å². The van der Waals surface area contributed by atoms with E-state index >= 15 is 0 Å². The van der Waals surface area contributed by atoms with Gasteiger partial charge in [-0.2, -0.15) is 0 Å². The smallest absolute Gasteiger partial charge is 0.0994 e. The van der Waals surface area contributed by atoms with Crippen LogP contribution in [0, 0.1) is 0 Å². The van der Waals surface area contributed by atoms with Gasteiger partial charge in [-0.15, -0.1) is 0 Å². The van der Waals surface area contributed by atoms with Gasteiger partial charge in [-0.1, -0.05) is 48.5 Å². The van der Waals surface area contributed by atoms with Crippen LogP contribution in [-0.4, -0.2) is 4.57 Å². The lowest BCUT2D eigenvalue weighted by molar-refractivity contribution is 0.699. The Morgan fingerprint density at radius 2 is 1.43 bits per heavy atom. The highest BCUT2D eigenvalue weighted by atomic mass is 15.3. The number of hydrogen-bond acceptors (Lipinski definition) is 1. The van der Waals surface area contributed by atoms with E-state index in [1.54, 1.807) is 0 Å². The molecule has 2 heterocycles. The standard InChI is InChI=1S/C19H16N2/c1-3-8-16(9-4-1)19-14-18-12-7-13-20(18)15-21(19)17-10-5-2-6-11-17/h1-14H,15H2. The third kappa shape index (κ3) is 2.15. The van der Waals surface area contributed by atoms with E-state index in [9.17, 15) is 0 Å². The maximum Gasteiger partial charge on any atom is 0.0994 e. The average molecular weight is 272 g/mol. The summed E-state index contributed by atoms with van der Waals surface area (Å²) in [7, 11) is 0. The summed E-state index contributed by atoms with van der Waals surface area (Å²) in [6, 6.07) is 25.4. The third-order valence-corrected chi connectivity index (χ3v) is 3.87. The van der Waals surface area contributed by atoms with Crippen molar-refractivity contribution < 1.29 is 0 Å². The number of rotatable bonds is 2. The highest BCUT2D eigenvalue weighted by Gasteiger charge is 2.19. The first kappa shape index (κ1) is 12.0. The molecule has 0 saturated carbocycles. The van der Waals surface area contributed by atoms with Crippen LogP contribution in [0.5, 0.6) is 0 Å². The van der Waals surface area contributed by atoms with Crippen LogP contribution in [0.4, 0.5) is 5.69 Å². The molecule has 2 heteroatoms. The summed E-state index contributed by atoms with van der Waals surface area (Å²) >= 11 is 0. The molecule has 0 aliphatic carbocycles. The second kappa shape index (κ2) is 4.98. The minimum Gasteiger partial charge on any atom is -0.329 e. The van der Waals surface area contributed by atoms with Gasteiger partial charge in [0.25, 0.3) is 0 Å². The van der Waals surface area contributed by atoms with Gasteiger partial charge >= 0.3 is 0 Å². The van der Waals surface area contributed by atoms with Gasteiger partial charge in [-0.05, 0) is 35.9 Å². The summed E-state index contributed by atoms with van der Waals surface area (Å²) in [5, 5.41) is 0. The quantitative estimate of drug-likeness (QED) is 0.668. The molecule has 0 unspecified atom stereocenters. The van der Waals surface area contributed by atoms with Crippen molar-refractivity contribution in [2.24, 2.45) is 0 Å². The van der Waals surface area contributed by atoms with Crippen molar-refractivity contribution in [2.75, 3.05) is 4.90 Å². The number of benzene rings is 2. The van der Waals surface area contributed by atoms with Gasteiger partial charge in [-0.25, -0.2) is 0 Å². The van der Waals surface area contributed by atoms with E-state index in [-0.39, 0.29) is 0 Å². The third-order valence-electron chi connectivity index (χ3n) is 3.87. The minimum atomic E-state index is 0.840. The van der Waals surface area contributed by atoms with Crippen molar-refractivity contribution in [3.8, 4) is 0 Å². The summed E-state index contributed by atoms with van der Waals surface area (Å²) in [4.78, 5) is 2.35. The average Bonchev–Trinajstić information content (AvgIpc) is 3.03. The van der Waals surface area contributed by atoms with Gasteiger partial charge < -0.3 is 9.47 Å². The molecule has 2 aromatic carbocycles. The highest BCUT2D eigenvalue weighted by molar-refractivity contribution is 5.90. The fourth-order valence-corrected chi connectivity index (χ4v) is 2.81. The number of nitrogens with zero attached hydrogens (tertiary/aromatic N) is 2. The molecule has 4 rings (SSSR count). The Labute approximate surface area is 124 Å². The molecular formula is C19H16N2. The van der Waals surface area contributed by atoms with Crippen molar-refractivity contribution in [3.63, 3.8) is 0 Å². The van der Waals surface area contributed by atoms with Crippen molar-refractivity contribution >= 4 is 17.5 Å². The van der Waals surface area contributed by atoms with Gasteiger partial charge in [0.15, 0.2) is 0 Å². The Morgan fingerprint density at radius 1 is 0.714 bits per heavy atom. The zero-order valence-corrected chi connectivity index (χ0v) is 11.7. The van der Waals surface area contributed by atoms with Crippen LogP contribution in [0.3, 0.4) is 0 Å². The molecule has 1 aliphatic rings. The molecule has 0 amide bonds. The van der Waals surface area contributed by atoms with Crippen molar-refractivity contribution in [1.82, 2.24) is 4.57 Å². The summed E-state index contributed by atoms with van der Waals surface area (Å²) in [6.45, 7) is 0.840. The SMILES string of the molecule is C1=C(c2ccccc2)N(c2ccccc2)Cn2cccc21. The number of aromatic nitrogens is 1. The first-order chi connectivity index (χ1) is 10.4. The molecule has 0 radical (unpaired) electrons. The fraction of sp³-hybridized carbons (Fsp3) is 0.0526. The second-order valence-corrected chi connectivity index (χ2v) is 5.20. The van der Waals surface area contributed by atoms with Crippen LogP contribution in [0.25, 0.3) is 11.8 Å². The van der Waals surface area contributed by atoms with E-state index < -0.39 is 0 Å². The number of anilines is 1. The maximum absolute atomic E-state index is 2.35. The van der Waals surface area contributed by atoms with Crippen LogP contribution < -0.4 is 4.90 Å². The molecule has 1 aliphatic heterocycles. The van der Waals surface area contributed by atoms with Crippen LogP contribution >= 0.6 is 0 Å². The largest absolute Gasteiger partial charge is 0.329 e. The Kier molecular flexibility index (Phi) is 2.86. The molecule has 0 bridgehead atoms. The number of hydrogen-bond donors (Lipinski definition) is 0. The lowest BCUT2D eigenvalue weighted by Crippen LogP contribution is -2.28. The van der Waals surface area contributed by atoms with Crippen LogP contribution in [0.1, 0.15) is 11.3 Å². The van der Waals surface area contributed by atoms with E-state index in [4.69, 9.17) is 0 Å². The van der Waals surface area contributed by atoms with Gasteiger partial charge in [0.05, 0.1) is 12.4 Å². The van der Waals surface area contributed by atoms with E-state index in [2.05, 4.69) is 94.5 Å². The molecule has 0 atom stereocenters. The molecule has 0 saturated heterocycles. The van der Waals surface area contributed by atoms with Crippen molar-refractivity contribution in [1.29, 1.82) is 0 Å². The summed E-state index contributed by atoms with van der Waals surface area (Å²) < 4.78 is 2.26. The maximum atomic E-state index is 2.35. The molecule has 0 N–H and O–H groups in total. The normalized spacial score (nSPS) is 13.7. The van der Waals surface area contributed by atoms with Gasteiger partial charge in [0.2, 0.25) is 0 Å². The Morgan fingerprint density at radius 3 is 2.19 bits per heavy atom. The van der Waals surface area contributed by atoms with Crippen LogP contribution in [0.2, 0.25) is 0 Å². The first-order valence-corrected chi connectivity index (χ1v) is 7.17. The molecule has 2 nitrogen and oxygen atoms in total. The van der Waals surface area contributed by atoms with Gasteiger partial charge in [0.1, 0.15) is 0 Å². The molecular weight excluding hydrogens is 256 g/mol. The zero-order valence-electron chi connectivity index (χ0n) is 11.7. The fourth-order valence-electron chi connectivity index (χ4n) is 2.81. The van der Waals surface area contributed by atoms with Gasteiger partial charge in [0, 0.05) is 17.6 Å². The lowest BCUT2D eigenvalue weighted by Gasteiger charge is -2.32. The Bertz CT molecular complexity index is 770. The topological polar surface area (TPSA) is 8.17 Å². The molecule has 102 valence electrons. The number of fused-ring (bicyclic) bond motifs is 1. The summed E-state index contributed by atoms with van der Waals surface area (Å²) in [5.74, 6) is 0. The zero-order chi connectivity index (χ0) is 14.1. The van der Waals surface area contributed by atoms with E-state index in [0.29, 0.717) is 0 Å². The highest BCUT2D eigenvalue weighted by Crippen LogP contribution is 2.32. The first-order valence-electron chi connectivity index (χ1n) is 7.17. The molecule has 21 heavy (non-hydrogen) atoms. The second-order valence-electron chi connectivity index (χ2n) is 5.20. The van der Waals surface area contributed by atoms with E-state index in [1.165, 1.54) is 22.6 Å². The Hall–Kier alpha value is -2.74. The molecule has 3 aromatic rings. The van der Waals surface area contributed by atoms with Gasteiger partial charge in [-0.3, -0.25) is 0 Å². The lowest BCUT2D eigenvalue weighted by atomic mass is 10.1. The summed E-state index contributed by atoms with van der Waals surface area (Å²) in [5.41, 5.74) is 4.95. The van der Waals surface area contributed by atoms with Crippen LogP contribution in [0.15, 0.2) is 79.0 Å². The van der Waals surface area contributed by atoms with Crippen molar-refractivity contribution in [3.05, 3.63) is 90.3 Å². The predicted octanol–water partition coefficient (Wildman–Crippen LogP) is 4.46. The minimum absolute atomic E-state index is 0.840.